The number of unbranched alkanes of at least 4 members (excludes halogenated alkanes) is 1. The van der Waals surface area contributed by atoms with Gasteiger partial charge in [-0.05, 0) is 37.0 Å². The van der Waals surface area contributed by atoms with Crippen LogP contribution in [-0.2, 0) is 11.2 Å². The van der Waals surface area contributed by atoms with Crippen LogP contribution in [0.4, 0.5) is 0 Å². The largest absolute Gasteiger partial charge is 0.504 e. The van der Waals surface area contributed by atoms with E-state index in [0.29, 0.717) is 5.75 Å². The molecule has 3 heteroatoms. The van der Waals surface area contributed by atoms with Crippen LogP contribution in [0.2, 0.25) is 0 Å². The molecule has 0 atom stereocenters. The van der Waals surface area contributed by atoms with Crippen LogP contribution < -0.4 is 4.74 Å². The van der Waals surface area contributed by atoms with Gasteiger partial charge in [0.05, 0.1) is 0 Å². The van der Waals surface area contributed by atoms with Crippen molar-refractivity contribution in [3.05, 3.63) is 23.3 Å². The van der Waals surface area contributed by atoms with E-state index in [0.717, 1.165) is 30.4 Å². The molecule has 0 heterocycles. The van der Waals surface area contributed by atoms with E-state index in [1.807, 2.05) is 13.0 Å². The Bertz CT molecular complexity index is 383. The SMILES string of the molecule is CCCCc1ccc(O)c(OC(C)=O)c1C. The number of carbonyl (C=O) groups excluding carboxylic acids is 1. The molecule has 0 bridgehead atoms. The van der Waals surface area contributed by atoms with Crippen molar-refractivity contribution in [3.63, 3.8) is 0 Å². The number of benzene rings is 1. The molecule has 0 fully saturated rings. The number of hydrogen-bond acceptors (Lipinski definition) is 3. The summed E-state index contributed by atoms with van der Waals surface area (Å²) in [6, 6.07) is 3.46. The molecule has 0 saturated carbocycles. The highest BCUT2D eigenvalue weighted by molar-refractivity contribution is 5.71. The Morgan fingerprint density at radius 3 is 2.69 bits per heavy atom. The number of ether oxygens (including phenoxy) is 1. The van der Waals surface area contributed by atoms with Gasteiger partial charge in [0.1, 0.15) is 0 Å². The van der Waals surface area contributed by atoms with Crippen molar-refractivity contribution in [1.29, 1.82) is 0 Å². The van der Waals surface area contributed by atoms with Crippen LogP contribution in [0.25, 0.3) is 0 Å². The minimum Gasteiger partial charge on any atom is -0.504 e. The lowest BCUT2D eigenvalue weighted by Crippen LogP contribution is -2.04. The maximum absolute atomic E-state index is 10.9. The van der Waals surface area contributed by atoms with E-state index in [9.17, 15) is 9.90 Å². The summed E-state index contributed by atoms with van der Waals surface area (Å²) < 4.78 is 5.01. The molecule has 0 amide bonds. The van der Waals surface area contributed by atoms with Crippen LogP contribution in [0.15, 0.2) is 12.1 Å². The molecule has 0 aliphatic carbocycles. The maximum atomic E-state index is 10.9. The molecule has 0 saturated heterocycles. The highest BCUT2D eigenvalue weighted by Crippen LogP contribution is 2.32. The van der Waals surface area contributed by atoms with Gasteiger partial charge < -0.3 is 9.84 Å². The molecule has 1 aromatic rings. The Morgan fingerprint density at radius 1 is 1.44 bits per heavy atom. The Balaban J connectivity index is 3.01. The van der Waals surface area contributed by atoms with Crippen molar-refractivity contribution in [1.82, 2.24) is 0 Å². The van der Waals surface area contributed by atoms with Crippen molar-refractivity contribution in [3.8, 4) is 11.5 Å². The molecule has 0 radical (unpaired) electrons. The van der Waals surface area contributed by atoms with Gasteiger partial charge in [-0.3, -0.25) is 4.79 Å². The van der Waals surface area contributed by atoms with Crippen molar-refractivity contribution >= 4 is 5.97 Å². The fourth-order valence-electron chi connectivity index (χ4n) is 1.63. The van der Waals surface area contributed by atoms with Gasteiger partial charge in [0.15, 0.2) is 11.5 Å². The van der Waals surface area contributed by atoms with E-state index in [1.165, 1.54) is 6.92 Å². The second kappa shape index (κ2) is 5.54. The monoisotopic (exact) mass is 222 g/mol. The van der Waals surface area contributed by atoms with E-state index >= 15 is 0 Å². The van der Waals surface area contributed by atoms with Gasteiger partial charge in [-0.2, -0.15) is 0 Å². The summed E-state index contributed by atoms with van der Waals surface area (Å²) in [6.45, 7) is 5.32. The Hall–Kier alpha value is -1.51. The van der Waals surface area contributed by atoms with Gasteiger partial charge in [0, 0.05) is 6.92 Å². The fraction of sp³-hybridized carbons (Fsp3) is 0.462. The second-order valence-corrected chi connectivity index (χ2v) is 3.90. The number of aromatic hydroxyl groups is 1. The summed E-state index contributed by atoms with van der Waals surface area (Å²) in [5, 5.41) is 9.61. The van der Waals surface area contributed by atoms with Gasteiger partial charge in [-0.1, -0.05) is 19.4 Å². The first-order chi connectivity index (χ1) is 7.56. The molecule has 0 aromatic heterocycles. The Kier molecular flexibility index (Phi) is 4.35. The average molecular weight is 222 g/mol. The highest BCUT2D eigenvalue weighted by Gasteiger charge is 2.12. The lowest BCUT2D eigenvalue weighted by atomic mass is 10.0. The molecule has 0 aliphatic heterocycles. The van der Waals surface area contributed by atoms with Crippen molar-refractivity contribution < 1.29 is 14.6 Å². The first-order valence-electron chi connectivity index (χ1n) is 5.56. The third-order valence-corrected chi connectivity index (χ3v) is 2.54. The predicted molar refractivity (Wildman–Crippen MR) is 62.8 cm³/mol. The molecule has 0 spiro atoms. The smallest absolute Gasteiger partial charge is 0.308 e. The van der Waals surface area contributed by atoms with Gasteiger partial charge >= 0.3 is 5.97 Å². The zero-order valence-corrected chi connectivity index (χ0v) is 10.0. The first kappa shape index (κ1) is 12.6. The maximum Gasteiger partial charge on any atom is 0.308 e. The summed E-state index contributed by atoms with van der Waals surface area (Å²) in [5.74, 6) is -0.0971. The predicted octanol–water partition coefficient (Wildman–Crippen LogP) is 2.97. The van der Waals surface area contributed by atoms with Crippen LogP contribution in [0, 0.1) is 6.92 Å². The lowest BCUT2D eigenvalue weighted by molar-refractivity contribution is -0.132. The molecule has 16 heavy (non-hydrogen) atoms. The molecule has 1 rings (SSSR count). The number of aryl methyl sites for hydroxylation is 1. The van der Waals surface area contributed by atoms with Crippen molar-refractivity contribution in [2.45, 2.75) is 40.0 Å². The van der Waals surface area contributed by atoms with Crippen LogP contribution in [0.5, 0.6) is 11.5 Å². The summed E-state index contributed by atoms with van der Waals surface area (Å²) in [5.41, 5.74) is 1.97. The van der Waals surface area contributed by atoms with E-state index in [4.69, 9.17) is 4.74 Å². The lowest BCUT2D eigenvalue weighted by Gasteiger charge is -2.12. The molecule has 1 aromatic carbocycles. The third kappa shape index (κ3) is 2.99. The van der Waals surface area contributed by atoms with Crippen LogP contribution in [-0.4, -0.2) is 11.1 Å². The van der Waals surface area contributed by atoms with Crippen LogP contribution >= 0.6 is 0 Å². The molecule has 0 unspecified atom stereocenters. The van der Waals surface area contributed by atoms with Crippen LogP contribution in [0.3, 0.4) is 0 Å². The van der Waals surface area contributed by atoms with Crippen LogP contribution in [0.1, 0.15) is 37.8 Å². The van der Waals surface area contributed by atoms with Gasteiger partial charge in [0.2, 0.25) is 0 Å². The molecular formula is C13H18O3. The number of phenols is 1. The zero-order chi connectivity index (χ0) is 12.1. The van der Waals surface area contributed by atoms with E-state index in [1.54, 1.807) is 6.07 Å². The van der Waals surface area contributed by atoms with E-state index in [-0.39, 0.29) is 5.75 Å². The number of phenolic OH excluding ortho intramolecular Hbond substituents is 1. The van der Waals surface area contributed by atoms with Gasteiger partial charge in [-0.15, -0.1) is 0 Å². The molecule has 88 valence electrons. The average Bonchev–Trinajstić information content (AvgIpc) is 2.23. The topological polar surface area (TPSA) is 46.5 Å². The highest BCUT2D eigenvalue weighted by atomic mass is 16.5. The summed E-state index contributed by atoms with van der Waals surface area (Å²) in [6.07, 6.45) is 3.14. The minimum absolute atomic E-state index is 0.0212. The summed E-state index contributed by atoms with van der Waals surface area (Å²) in [4.78, 5) is 10.9. The van der Waals surface area contributed by atoms with E-state index in [2.05, 4.69) is 6.92 Å². The summed E-state index contributed by atoms with van der Waals surface area (Å²) in [7, 11) is 0. The van der Waals surface area contributed by atoms with Crippen molar-refractivity contribution in [2.75, 3.05) is 0 Å². The quantitative estimate of drug-likeness (QED) is 0.629. The Morgan fingerprint density at radius 2 is 2.12 bits per heavy atom. The zero-order valence-electron chi connectivity index (χ0n) is 10.0. The number of hydrogen-bond donors (Lipinski definition) is 1. The third-order valence-electron chi connectivity index (χ3n) is 2.54. The van der Waals surface area contributed by atoms with Crippen molar-refractivity contribution in [2.24, 2.45) is 0 Å². The standard InChI is InChI=1S/C13H18O3/c1-4-5-6-11-7-8-12(15)13(9(11)2)16-10(3)14/h7-8,15H,4-6H2,1-3H3. The number of rotatable bonds is 4. The molecular weight excluding hydrogens is 204 g/mol. The first-order valence-corrected chi connectivity index (χ1v) is 5.56. The molecule has 3 nitrogen and oxygen atoms in total. The normalized spacial score (nSPS) is 10.2. The minimum atomic E-state index is -0.411. The molecule has 0 aliphatic rings. The van der Waals surface area contributed by atoms with Gasteiger partial charge in [-0.25, -0.2) is 0 Å². The fourth-order valence-corrected chi connectivity index (χ4v) is 1.63. The second-order valence-electron chi connectivity index (χ2n) is 3.90. The van der Waals surface area contributed by atoms with Gasteiger partial charge in [0.25, 0.3) is 0 Å². The summed E-state index contributed by atoms with van der Waals surface area (Å²) >= 11 is 0. The van der Waals surface area contributed by atoms with E-state index < -0.39 is 5.97 Å². The number of esters is 1. The number of carbonyl (C=O) groups is 1. The molecule has 1 N–H and O–H groups in total. The Labute approximate surface area is 96.1 Å².